The van der Waals surface area contributed by atoms with Crippen molar-refractivity contribution in [2.24, 2.45) is 0 Å². The Morgan fingerprint density at radius 3 is 2.22 bits per heavy atom. The normalized spacial score (nSPS) is 10.3. The fourth-order valence-corrected chi connectivity index (χ4v) is 2.66. The summed E-state index contributed by atoms with van der Waals surface area (Å²) in [7, 11) is 0. The van der Waals surface area contributed by atoms with Gasteiger partial charge in [0, 0.05) is 9.79 Å². The molecule has 18 heavy (non-hydrogen) atoms. The lowest BCUT2D eigenvalue weighted by atomic mass is 10.1. The molecule has 2 rings (SSSR count). The van der Waals surface area contributed by atoms with Gasteiger partial charge in [-0.3, -0.25) is 0 Å². The second kappa shape index (κ2) is 5.27. The molecule has 2 aromatic carbocycles. The standard InChI is InChI=1S/C15H14O2S/c1-10-3-6-12(7-4-10)18-14-9-11(2)5-8-13(14)15(16)17/h3-9H,1-2H3,(H,16,17). The molecule has 92 valence electrons. The van der Waals surface area contributed by atoms with Gasteiger partial charge >= 0.3 is 5.97 Å². The number of carboxylic acids is 1. The average molecular weight is 258 g/mol. The van der Waals surface area contributed by atoms with E-state index in [0.717, 1.165) is 15.4 Å². The van der Waals surface area contributed by atoms with Gasteiger partial charge in [-0.2, -0.15) is 0 Å². The number of hydrogen-bond acceptors (Lipinski definition) is 2. The number of benzene rings is 2. The Kier molecular flexibility index (Phi) is 3.72. The van der Waals surface area contributed by atoms with Crippen LogP contribution >= 0.6 is 11.8 Å². The number of carboxylic acid groups (broad SMARTS) is 1. The third-order valence-electron chi connectivity index (χ3n) is 2.62. The van der Waals surface area contributed by atoms with Crippen molar-refractivity contribution >= 4 is 17.7 Å². The summed E-state index contributed by atoms with van der Waals surface area (Å²) in [5.74, 6) is -0.885. The zero-order chi connectivity index (χ0) is 13.1. The quantitative estimate of drug-likeness (QED) is 0.898. The maximum absolute atomic E-state index is 11.2. The van der Waals surface area contributed by atoms with Crippen LogP contribution in [0.1, 0.15) is 21.5 Å². The first-order valence-corrected chi connectivity index (χ1v) is 6.46. The molecule has 0 aliphatic heterocycles. The van der Waals surface area contributed by atoms with Crippen LogP contribution in [-0.2, 0) is 0 Å². The lowest BCUT2D eigenvalue weighted by molar-refractivity contribution is 0.0693. The molecule has 0 atom stereocenters. The van der Waals surface area contributed by atoms with E-state index in [1.165, 1.54) is 17.3 Å². The number of hydrogen-bond donors (Lipinski definition) is 1. The van der Waals surface area contributed by atoms with Gasteiger partial charge in [-0.15, -0.1) is 0 Å². The summed E-state index contributed by atoms with van der Waals surface area (Å²) in [6, 6.07) is 13.5. The Morgan fingerprint density at radius 2 is 1.61 bits per heavy atom. The highest BCUT2D eigenvalue weighted by atomic mass is 32.2. The van der Waals surface area contributed by atoms with Crippen molar-refractivity contribution in [3.05, 3.63) is 59.2 Å². The predicted molar refractivity (Wildman–Crippen MR) is 73.4 cm³/mol. The van der Waals surface area contributed by atoms with Crippen molar-refractivity contribution in [2.75, 3.05) is 0 Å². The first-order valence-electron chi connectivity index (χ1n) is 5.65. The number of carbonyl (C=O) groups is 1. The van der Waals surface area contributed by atoms with Crippen molar-refractivity contribution in [1.29, 1.82) is 0 Å². The summed E-state index contributed by atoms with van der Waals surface area (Å²) < 4.78 is 0. The first kappa shape index (κ1) is 12.7. The van der Waals surface area contributed by atoms with Crippen molar-refractivity contribution < 1.29 is 9.90 Å². The van der Waals surface area contributed by atoms with Crippen LogP contribution in [0.2, 0.25) is 0 Å². The lowest BCUT2D eigenvalue weighted by Crippen LogP contribution is -1.98. The summed E-state index contributed by atoms with van der Waals surface area (Å²) >= 11 is 1.48. The van der Waals surface area contributed by atoms with Crippen LogP contribution in [0.5, 0.6) is 0 Å². The molecule has 0 spiro atoms. The molecule has 0 aliphatic rings. The van der Waals surface area contributed by atoms with Crippen molar-refractivity contribution in [3.63, 3.8) is 0 Å². The number of aryl methyl sites for hydroxylation is 2. The molecule has 0 aliphatic carbocycles. The van der Waals surface area contributed by atoms with Crippen LogP contribution in [0, 0.1) is 13.8 Å². The van der Waals surface area contributed by atoms with E-state index in [1.807, 2.05) is 50.2 Å². The van der Waals surface area contributed by atoms with Gasteiger partial charge in [0.05, 0.1) is 5.56 Å². The van der Waals surface area contributed by atoms with E-state index in [1.54, 1.807) is 6.07 Å². The van der Waals surface area contributed by atoms with E-state index in [2.05, 4.69) is 0 Å². The molecule has 1 N–H and O–H groups in total. The molecule has 0 unspecified atom stereocenters. The Bertz CT molecular complexity index is 574. The maximum Gasteiger partial charge on any atom is 0.336 e. The van der Waals surface area contributed by atoms with Gasteiger partial charge in [-0.25, -0.2) is 4.79 Å². The highest BCUT2D eigenvalue weighted by Gasteiger charge is 2.11. The summed E-state index contributed by atoms with van der Waals surface area (Å²) in [5, 5.41) is 9.17. The smallest absolute Gasteiger partial charge is 0.336 e. The topological polar surface area (TPSA) is 37.3 Å². The highest BCUT2D eigenvalue weighted by Crippen LogP contribution is 2.31. The van der Waals surface area contributed by atoms with Crippen LogP contribution in [0.4, 0.5) is 0 Å². The minimum atomic E-state index is -0.885. The van der Waals surface area contributed by atoms with Gasteiger partial charge in [0.25, 0.3) is 0 Å². The molecule has 3 heteroatoms. The fourth-order valence-electron chi connectivity index (χ4n) is 1.62. The van der Waals surface area contributed by atoms with E-state index in [-0.39, 0.29) is 0 Å². The average Bonchev–Trinajstić information content (AvgIpc) is 2.32. The van der Waals surface area contributed by atoms with E-state index in [9.17, 15) is 4.79 Å². The Hall–Kier alpha value is -1.74. The molecule has 0 heterocycles. The molecule has 2 aromatic rings. The molecule has 0 radical (unpaired) electrons. The molecular weight excluding hydrogens is 244 g/mol. The largest absolute Gasteiger partial charge is 0.478 e. The minimum absolute atomic E-state index is 0.353. The van der Waals surface area contributed by atoms with Gasteiger partial charge in [0.1, 0.15) is 0 Å². The number of rotatable bonds is 3. The van der Waals surface area contributed by atoms with Gasteiger partial charge < -0.3 is 5.11 Å². The summed E-state index contributed by atoms with van der Waals surface area (Å²) in [4.78, 5) is 13.0. The fraction of sp³-hybridized carbons (Fsp3) is 0.133. The van der Waals surface area contributed by atoms with Crippen molar-refractivity contribution in [3.8, 4) is 0 Å². The van der Waals surface area contributed by atoms with Crippen molar-refractivity contribution in [2.45, 2.75) is 23.6 Å². The summed E-state index contributed by atoms with van der Waals surface area (Å²) in [6.45, 7) is 3.99. The van der Waals surface area contributed by atoms with E-state index in [4.69, 9.17) is 5.11 Å². The second-order valence-electron chi connectivity index (χ2n) is 4.22. The predicted octanol–water partition coefficient (Wildman–Crippen LogP) is 4.15. The molecule has 0 amide bonds. The Morgan fingerprint density at radius 1 is 1.00 bits per heavy atom. The van der Waals surface area contributed by atoms with E-state index < -0.39 is 5.97 Å². The molecule has 0 aromatic heterocycles. The number of aromatic carboxylic acids is 1. The van der Waals surface area contributed by atoms with Gasteiger partial charge in [0.2, 0.25) is 0 Å². The third-order valence-corrected chi connectivity index (χ3v) is 3.68. The zero-order valence-electron chi connectivity index (χ0n) is 10.3. The van der Waals surface area contributed by atoms with Gasteiger partial charge in [-0.05, 0) is 43.7 Å². The maximum atomic E-state index is 11.2. The molecule has 0 fully saturated rings. The van der Waals surface area contributed by atoms with Crippen LogP contribution in [0.15, 0.2) is 52.3 Å². The highest BCUT2D eigenvalue weighted by molar-refractivity contribution is 7.99. The minimum Gasteiger partial charge on any atom is -0.478 e. The van der Waals surface area contributed by atoms with E-state index in [0.29, 0.717) is 5.56 Å². The Balaban J connectivity index is 2.35. The summed E-state index contributed by atoms with van der Waals surface area (Å²) in [6.07, 6.45) is 0. The molecule has 2 nitrogen and oxygen atoms in total. The first-order chi connectivity index (χ1) is 8.56. The molecular formula is C15H14O2S. The van der Waals surface area contributed by atoms with Crippen LogP contribution in [0.25, 0.3) is 0 Å². The third kappa shape index (κ3) is 2.93. The van der Waals surface area contributed by atoms with Crippen LogP contribution in [0.3, 0.4) is 0 Å². The second-order valence-corrected chi connectivity index (χ2v) is 5.34. The van der Waals surface area contributed by atoms with E-state index >= 15 is 0 Å². The van der Waals surface area contributed by atoms with Gasteiger partial charge in [0.15, 0.2) is 0 Å². The Labute approximate surface area is 111 Å². The summed E-state index contributed by atoms with van der Waals surface area (Å²) in [5.41, 5.74) is 2.61. The molecule has 0 bridgehead atoms. The zero-order valence-corrected chi connectivity index (χ0v) is 11.1. The molecule has 0 saturated carbocycles. The molecule has 0 saturated heterocycles. The van der Waals surface area contributed by atoms with Gasteiger partial charge in [-0.1, -0.05) is 35.5 Å². The van der Waals surface area contributed by atoms with Crippen molar-refractivity contribution in [1.82, 2.24) is 0 Å². The monoisotopic (exact) mass is 258 g/mol. The lowest BCUT2D eigenvalue weighted by Gasteiger charge is -2.07. The van der Waals surface area contributed by atoms with Crippen LogP contribution < -0.4 is 0 Å². The SMILES string of the molecule is Cc1ccc(Sc2cc(C)ccc2C(=O)O)cc1. The van der Waals surface area contributed by atoms with Crippen LogP contribution in [-0.4, -0.2) is 11.1 Å².